The molecule has 25 heteroatoms. The van der Waals surface area contributed by atoms with Crippen LogP contribution < -0.4 is 29.1 Å². The van der Waals surface area contributed by atoms with Crippen molar-refractivity contribution >= 4 is 49.3 Å². The Kier molecular flexibility index (Phi) is 13.5. The van der Waals surface area contributed by atoms with Gasteiger partial charge in [0, 0.05) is 67.6 Å². The molecule has 2 amide bonds. The second kappa shape index (κ2) is 20.4. The zero-order valence-electron chi connectivity index (χ0n) is 48.7. The van der Waals surface area contributed by atoms with Gasteiger partial charge in [0.1, 0.15) is 11.0 Å². The summed E-state index contributed by atoms with van der Waals surface area (Å²) in [4.78, 5) is 37.7. The highest BCUT2D eigenvalue weighted by molar-refractivity contribution is 7.90. The van der Waals surface area contributed by atoms with Crippen LogP contribution in [-0.2, 0) is 33.1 Å². The van der Waals surface area contributed by atoms with Gasteiger partial charge in [-0.05, 0) is 219 Å². The first-order valence-corrected chi connectivity index (χ1v) is 33.7. The van der Waals surface area contributed by atoms with Crippen molar-refractivity contribution in [1.29, 1.82) is 0 Å². The molecule has 6 saturated carbocycles. The second-order valence-electron chi connectivity index (χ2n) is 27.1. The van der Waals surface area contributed by atoms with Crippen molar-refractivity contribution in [1.82, 2.24) is 63.9 Å². The number of fused-ring (bicyclic) bond motifs is 8. The summed E-state index contributed by atoms with van der Waals surface area (Å²) in [5, 5.41) is 20.4. The van der Waals surface area contributed by atoms with Crippen LogP contribution in [-0.4, -0.2) is 115 Å². The van der Waals surface area contributed by atoms with Crippen molar-refractivity contribution in [3.8, 4) is 23.4 Å². The zero-order valence-corrected chi connectivity index (χ0v) is 51.1. The van der Waals surface area contributed by atoms with Crippen LogP contribution in [0.1, 0.15) is 151 Å². The van der Waals surface area contributed by atoms with E-state index in [-0.39, 0.29) is 37.4 Å². The van der Waals surface area contributed by atoms with Crippen LogP contribution in [0.4, 0.5) is 5.82 Å². The first-order chi connectivity index (χ1) is 40.6. The van der Waals surface area contributed by atoms with E-state index in [1.165, 1.54) is 74.2 Å². The first-order valence-electron chi connectivity index (χ1n) is 30.4. The Hall–Kier alpha value is -6.37. The fourth-order valence-corrected chi connectivity index (χ4v) is 18.2. The van der Waals surface area contributed by atoms with E-state index in [1.54, 1.807) is 56.9 Å². The maximum atomic E-state index is 13.5. The lowest BCUT2D eigenvalue weighted by Crippen LogP contribution is -2.41. The largest absolute Gasteiger partial charge is 0.477 e. The van der Waals surface area contributed by atoms with Crippen LogP contribution in [0.3, 0.4) is 0 Å². The van der Waals surface area contributed by atoms with Gasteiger partial charge in [0.2, 0.25) is 11.8 Å². The quantitative estimate of drug-likeness (QED) is 0.0726. The molecule has 0 aromatic carbocycles. The molecule has 2 saturated heterocycles. The van der Waals surface area contributed by atoms with E-state index in [4.69, 9.17) is 26.1 Å². The number of aromatic nitrogens is 10. The van der Waals surface area contributed by atoms with Crippen molar-refractivity contribution in [2.24, 2.45) is 45.3 Å². The second-order valence-corrected chi connectivity index (χ2v) is 30.7. The number of rotatable bonds is 17. The van der Waals surface area contributed by atoms with E-state index in [0.717, 1.165) is 76.3 Å². The lowest BCUT2D eigenvalue weighted by atomic mass is 9.93. The molecule has 3 aliphatic heterocycles. The molecule has 2 unspecified atom stereocenters. The highest BCUT2D eigenvalue weighted by Gasteiger charge is 2.86. The average molecular weight is 1220 g/mol. The summed E-state index contributed by atoms with van der Waals surface area (Å²) in [6, 6.07) is 12.7. The number of halogens is 1. The number of anilines is 1. The number of pyridine rings is 2. The van der Waals surface area contributed by atoms with E-state index in [1.807, 2.05) is 12.3 Å². The minimum Gasteiger partial charge on any atom is -0.477 e. The van der Waals surface area contributed by atoms with Gasteiger partial charge in [-0.3, -0.25) is 19.0 Å². The van der Waals surface area contributed by atoms with Crippen LogP contribution in [0.15, 0.2) is 83.4 Å². The number of aryl methyl sites for hydroxylation is 2. The van der Waals surface area contributed by atoms with E-state index in [0.29, 0.717) is 89.0 Å². The topological polar surface area (TPSA) is 257 Å². The number of amides is 2. The van der Waals surface area contributed by atoms with E-state index < -0.39 is 31.9 Å². The third kappa shape index (κ3) is 10.5. The Labute approximate surface area is 500 Å². The van der Waals surface area contributed by atoms with Crippen LogP contribution in [0, 0.1) is 45.3 Å². The number of sulfonamides is 2. The Morgan fingerprint density at radius 1 is 0.753 bits per heavy atom. The van der Waals surface area contributed by atoms with E-state index in [2.05, 4.69) is 72.7 Å². The maximum Gasteiger partial charge on any atom is 0.283 e. The van der Waals surface area contributed by atoms with Gasteiger partial charge in [0.25, 0.3) is 31.9 Å². The summed E-state index contributed by atoms with van der Waals surface area (Å²) in [5.41, 5.74) is 2.68. The van der Waals surface area contributed by atoms with Crippen molar-refractivity contribution in [3.05, 3.63) is 89.6 Å². The monoisotopic (exact) mass is 1220 g/mol. The summed E-state index contributed by atoms with van der Waals surface area (Å²) in [6.45, 7) is 12.9. The number of ether oxygens (including phenoxy) is 2. The number of nitrogens with one attached hydrogen (secondary N) is 3. The van der Waals surface area contributed by atoms with Gasteiger partial charge in [0.05, 0.1) is 24.3 Å². The molecule has 4 bridgehead atoms. The van der Waals surface area contributed by atoms with Crippen LogP contribution in [0.2, 0.25) is 5.15 Å². The van der Waals surface area contributed by atoms with Crippen molar-refractivity contribution in [3.63, 3.8) is 0 Å². The normalized spacial score (nSPS) is 24.3. The molecule has 15 rings (SSSR count). The van der Waals surface area contributed by atoms with E-state index >= 15 is 0 Å². The average Bonchev–Trinajstić information content (AvgIpc) is 1.47. The van der Waals surface area contributed by atoms with Crippen molar-refractivity contribution in [2.75, 3.05) is 31.2 Å². The fraction of sp³-hybridized carbons (Fsp3) is 0.600. The van der Waals surface area contributed by atoms with Gasteiger partial charge < -0.3 is 19.7 Å². The SMILES string of the molecule is CC1(C)CC(CCCn2ccc(S(=O)(=O)NC(=O)c3ccc(-n4ccc(OCCC5C6(CC6)C56CC6)n4)nc3Cl)n2)CN1.CC1(C)CC2CCCn3ccc(n3)S(=O)(=O)NC(=O)c3ccc(-n4ccc(OCCC5C6(CC6)C56CC6)n4)nc3N1C2. The molecular weight excluding hydrogens is 1140 g/mol. The highest BCUT2D eigenvalue weighted by Crippen LogP contribution is 2.94. The highest BCUT2D eigenvalue weighted by atomic mass is 35.5. The summed E-state index contributed by atoms with van der Waals surface area (Å²) in [5.74, 6) is 3.45. The molecule has 6 aliphatic carbocycles. The Morgan fingerprint density at radius 2 is 1.38 bits per heavy atom. The van der Waals surface area contributed by atoms with Gasteiger partial charge in [-0.1, -0.05) is 11.6 Å². The van der Waals surface area contributed by atoms with Crippen molar-refractivity contribution < 1.29 is 35.9 Å². The summed E-state index contributed by atoms with van der Waals surface area (Å²) in [6.07, 6.45) is 25.9. The Balaban J connectivity index is 0.000000151. The zero-order chi connectivity index (χ0) is 58.9. The molecule has 85 heavy (non-hydrogen) atoms. The molecule has 6 aromatic rings. The van der Waals surface area contributed by atoms with Gasteiger partial charge >= 0.3 is 0 Å². The molecule has 2 atom stereocenters. The Bertz CT molecular complexity index is 3800. The number of nitrogens with zero attached hydrogens (tertiary/aromatic N) is 11. The number of hydrogen-bond donors (Lipinski definition) is 3. The first kappa shape index (κ1) is 56.4. The molecule has 4 spiro atoms. The molecule has 22 nitrogen and oxygen atoms in total. The molecule has 8 fully saturated rings. The number of carbonyl (C=O) groups excluding carboxylic acids is 2. The maximum absolute atomic E-state index is 13.5. The smallest absolute Gasteiger partial charge is 0.283 e. The van der Waals surface area contributed by atoms with Gasteiger partial charge in [-0.25, -0.2) is 28.8 Å². The van der Waals surface area contributed by atoms with Crippen molar-refractivity contribution in [2.45, 2.75) is 165 Å². The van der Waals surface area contributed by atoms with Crippen LogP contribution in [0.25, 0.3) is 11.6 Å². The summed E-state index contributed by atoms with van der Waals surface area (Å²) >= 11 is 6.32. The third-order valence-corrected chi connectivity index (χ3v) is 23.6. The number of hydrogen-bond acceptors (Lipinski definition) is 16. The molecule has 0 radical (unpaired) electrons. The number of carbonyl (C=O) groups is 2. The van der Waals surface area contributed by atoms with Gasteiger partial charge in [-0.2, -0.15) is 27.0 Å². The molecule has 9 heterocycles. The lowest BCUT2D eigenvalue weighted by Gasteiger charge is -2.34. The molecule has 9 aliphatic rings. The van der Waals surface area contributed by atoms with Gasteiger partial charge in [0.15, 0.2) is 21.7 Å². The Morgan fingerprint density at radius 3 is 1.98 bits per heavy atom. The molecule has 452 valence electrons. The summed E-state index contributed by atoms with van der Waals surface area (Å²) < 4.78 is 74.5. The fourth-order valence-electron chi connectivity index (χ4n) is 16.2. The molecule has 6 aromatic heterocycles. The predicted molar refractivity (Wildman–Crippen MR) is 314 cm³/mol. The lowest BCUT2D eigenvalue weighted by molar-refractivity contribution is 0.0972. The molecule has 3 N–H and O–H groups in total. The predicted octanol–water partition coefficient (Wildman–Crippen LogP) is 8.30. The van der Waals surface area contributed by atoms with Crippen LogP contribution in [0.5, 0.6) is 11.8 Å². The minimum absolute atomic E-state index is 0.0717. The minimum atomic E-state index is -4.20. The van der Waals surface area contributed by atoms with Gasteiger partial charge in [-0.15, -0.1) is 10.2 Å². The molecular formula is C60H75ClN14O8S2. The van der Waals surface area contributed by atoms with E-state index in [9.17, 15) is 26.4 Å². The van der Waals surface area contributed by atoms with Crippen LogP contribution >= 0.6 is 11.6 Å². The standard InChI is InChI=1S/C30H38ClN7O4S.C30H37N7O4S/c1-28(2)18-20(19-32-28)4-3-14-37-15-8-25(35-37)43(40,41)36-27(39)21-5-6-23(33-26(21)31)38-16-7-24(34-38)42-17-9-22-29(10-11-29)30(22)12-13-30;1-28(2)18-20-4-3-14-35-15-8-25(33-35)42(39,40)34-27(38)21-5-6-23(31-26(21)36(28)19-20)37-16-7-24(32-37)41-17-9-22-29(10-11-29)30(22)12-13-30/h5-8,15-16,20,22,32H,3-4,9-14,17-19H2,1-2H3,(H,36,39);5-8,15-16,20,22H,3-4,9-14,17-19H2,1-2H3,(H,34,38). The summed E-state index contributed by atoms with van der Waals surface area (Å²) in [7, 11) is -8.35. The third-order valence-electron chi connectivity index (χ3n) is 20.9.